The average Bonchev–Trinajstić information content (AvgIpc) is 3.14. The van der Waals surface area contributed by atoms with Crippen molar-refractivity contribution in [2.75, 3.05) is 23.7 Å². The number of carbonyl (C=O) groups is 2. The van der Waals surface area contributed by atoms with E-state index in [0.29, 0.717) is 12.8 Å². The van der Waals surface area contributed by atoms with Gasteiger partial charge in [-0.2, -0.15) is 0 Å². The number of nitrogens with zero attached hydrogens (tertiary/aromatic N) is 5. The van der Waals surface area contributed by atoms with E-state index in [0.717, 1.165) is 115 Å². The molecule has 8 fully saturated rings. The van der Waals surface area contributed by atoms with Crippen LogP contribution in [0.3, 0.4) is 0 Å². The fraction of sp³-hybridized carbons (Fsp3) is 0.644. The molecule has 290 valence electrons. The summed E-state index contributed by atoms with van der Waals surface area (Å²) >= 11 is 0. The van der Waals surface area contributed by atoms with Crippen molar-refractivity contribution in [2.45, 2.75) is 122 Å². The number of nitrogens with one attached hydrogen (secondary N) is 3. The Balaban J connectivity index is 0.000000140. The average molecular weight is 743 g/mol. The minimum absolute atomic E-state index is 0.162. The summed E-state index contributed by atoms with van der Waals surface area (Å²) in [4.78, 5) is 46.1. The maximum absolute atomic E-state index is 13.1. The molecule has 55 heavy (non-hydrogen) atoms. The molecule has 10 aliphatic rings. The lowest BCUT2D eigenvalue weighted by Gasteiger charge is -2.56. The Morgan fingerprint density at radius 2 is 1.15 bits per heavy atom. The zero-order valence-corrected chi connectivity index (χ0v) is 32.4. The van der Waals surface area contributed by atoms with Crippen LogP contribution in [0.15, 0.2) is 43.0 Å². The Hall–Kier alpha value is -3.76. The number of carbonyl (C=O) groups excluding carboxylic acids is 2. The van der Waals surface area contributed by atoms with Crippen LogP contribution in [0.2, 0.25) is 0 Å². The van der Waals surface area contributed by atoms with Crippen LogP contribution in [0.5, 0.6) is 0 Å². The van der Waals surface area contributed by atoms with Crippen LogP contribution in [0.25, 0.3) is 0 Å². The number of amides is 2. The fourth-order valence-corrected chi connectivity index (χ4v) is 13.9. The SMILES string of the molecule is O=C(CC12CC3CC(CC(C3)C1)C2)Nc1ncnc2c1CCN(Cc1ccccc1)C2.O=C(CC12CC3CC(CC(C3)C1)C2)Nc1ncnc2c1CCNC2. The topological polar surface area (TPSA) is 125 Å². The molecule has 0 spiro atoms. The zero-order chi connectivity index (χ0) is 37.0. The highest BCUT2D eigenvalue weighted by Gasteiger charge is 2.52. The lowest BCUT2D eigenvalue weighted by atomic mass is 9.49. The zero-order valence-electron chi connectivity index (χ0n) is 32.4. The van der Waals surface area contributed by atoms with Crippen LogP contribution in [-0.4, -0.2) is 49.7 Å². The third-order valence-electron chi connectivity index (χ3n) is 15.1. The van der Waals surface area contributed by atoms with Gasteiger partial charge in [-0.1, -0.05) is 30.3 Å². The highest BCUT2D eigenvalue weighted by Crippen LogP contribution is 2.62. The molecule has 0 unspecified atom stereocenters. The van der Waals surface area contributed by atoms with Crippen molar-refractivity contribution in [1.29, 1.82) is 0 Å². The molecule has 13 rings (SSSR count). The molecule has 2 amide bonds. The molecule has 8 bridgehead atoms. The van der Waals surface area contributed by atoms with Gasteiger partial charge in [-0.25, -0.2) is 19.9 Å². The number of benzene rings is 1. The van der Waals surface area contributed by atoms with E-state index in [9.17, 15) is 9.59 Å². The number of hydrogen-bond acceptors (Lipinski definition) is 8. The van der Waals surface area contributed by atoms with Crippen molar-refractivity contribution in [1.82, 2.24) is 30.2 Å². The van der Waals surface area contributed by atoms with Gasteiger partial charge < -0.3 is 16.0 Å². The summed E-state index contributed by atoms with van der Waals surface area (Å²) in [6, 6.07) is 10.6. The van der Waals surface area contributed by atoms with Crippen molar-refractivity contribution in [3.05, 3.63) is 71.1 Å². The van der Waals surface area contributed by atoms with E-state index in [-0.39, 0.29) is 22.6 Å². The van der Waals surface area contributed by atoms with Gasteiger partial charge in [0.1, 0.15) is 24.3 Å². The van der Waals surface area contributed by atoms with Crippen molar-refractivity contribution in [3.8, 4) is 0 Å². The first-order valence-electron chi connectivity index (χ1n) is 21.6. The van der Waals surface area contributed by atoms with Gasteiger partial charge in [0.05, 0.1) is 11.4 Å². The van der Waals surface area contributed by atoms with Gasteiger partial charge in [-0.05, 0) is 148 Å². The van der Waals surface area contributed by atoms with E-state index in [4.69, 9.17) is 0 Å². The molecule has 0 radical (unpaired) electrons. The first-order valence-corrected chi connectivity index (χ1v) is 21.6. The molecular weight excluding hydrogens is 685 g/mol. The molecule has 3 N–H and O–H groups in total. The minimum atomic E-state index is 0.162. The lowest BCUT2D eigenvalue weighted by Crippen LogP contribution is -2.47. The Kier molecular flexibility index (Phi) is 9.48. The normalized spacial score (nSPS) is 33.6. The second-order valence-electron chi connectivity index (χ2n) is 19.5. The summed E-state index contributed by atoms with van der Waals surface area (Å²) in [6.45, 7) is 4.41. The Labute approximate surface area is 325 Å². The second-order valence-corrected chi connectivity index (χ2v) is 19.5. The molecule has 3 aromatic rings. The molecule has 2 aliphatic heterocycles. The van der Waals surface area contributed by atoms with Gasteiger partial charge in [-0.15, -0.1) is 0 Å². The van der Waals surface area contributed by atoms with Crippen molar-refractivity contribution >= 4 is 23.5 Å². The number of rotatable bonds is 8. The van der Waals surface area contributed by atoms with Crippen LogP contribution < -0.4 is 16.0 Å². The van der Waals surface area contributed by atoms with E-state index >= 15 is 0 Å². The number of anilines is 2. The van der Waals surface area contributed by atoms with Crippen LogP contribution in [0, 0.1) is 46.3 Å². The fourth-order valence-electron chi connectivity index (χ4n) is 13.9. The van der Waals surface area contributed by atoms with E-state index in [1.54, 1.807) is 12.7 Å². The summed E-state index contributed by atoms with van der Waals surface area (Å²) in [5.41, 5.74) is 6.21. The van der Waals surface area contributed by atoms with E-state index in [1.807, 2.05) is 0 Å². The number of aromatic nitrogens is 4. The highest BCUT2D eigenvalue weighted by atomic mass is 16.2. The summed E-state index contributed by atoms with van der Waals surface area (Å²) in [7, 11) is 0. The van der Waals surface area contributed by atoms with Crippen LogP contribution in [-0.2, 0) is 42.1 Å². The molecular formula is C45H58N8O2. The molecule has 1 aromatic carbocycles. The quantitative estimate of drug-likeness (QED) is 0.221. The van der Waals surface area contributed by atoms with Crippen LogP contribution in [0.1, 0.15) is 118 Å². The van der Waals surface area contributed by atoms with Gasteiger partial charge in [-0.3, -0.25) is 14.5 Å². The van der Waals surface area contributed by atoms with E-state index in [1.165, 1.54) is 82.6 Å². The predicted octanol–water partition coefficient (Wildman–Crippen LogP) is 7.25. The van der Waals surface area contributed by atoms with E-state index < -0.39 is 0 Å². The lowest BCUT2D eigenvalue weighted by molar-refractivity contribution is -0.125. The van der Waals surface area contributed by atoms with Crippen molar-refractivity contribution < 1.29 is 9.59 Å². The summed E-state index contributed by atoms with van der Waals surface area (Å²) in [5.74, 6) is 7.12. The monoisotopic (exact) mass is 742 g/mol. The molecule has 4 heterocycles. The predicted molar refractivity (Wildman–Crippen MR) is 211 cm³/mol. The number of hydrogen-bond donors (Lipinski definition) is 3. The standard InChI is InChI=1S/C26H32N4O.C19H26N4O/c31-24(14-26-11-19-8-20(12-26)10-21(9-19)13-26)29-25-22-6-7-30(16-23(22)27-17-28-25)15-18-4-2-1-3-5-18;24-17(23-18-15-1-2-20-10-16(15)21-11-22-18)9-19-6-12-3-13(7-19)5-14(4-12)8-19/h1-5,17,19-21H,6-16H2,(H,27,28,29,31);11-14,20H,1-10H2,(H,21,22,23,24). The Morgan fingerprint density at radius 3 is 1.67 bits per heavy atom. The first kappa shape index (κ1) is 35.6. The number of fused-ring (bicyclic) bond motifs is 2. The second kappa shape index (κ2) is 14.6. The molecule has 10 heteroatoms. The van der Waals surface area contributed by atoms with Crippen molar-refractivity contribution in [2.24, 2.45) is 46.3 Å². The summed E-state index contributed by atoms with van der Waals surface area (Å²) < 4.78 is 0. The molecule has 0 saturated heterocycles. The van der Waals surface area contributed by atoms with E-state index in [2.05, 4.69) is 71.1 Å². The first-order chi connectivity index (χ1) is 26.8. The van der Waals surface area contributed by atoms with Gasteiger partial charge >= 0.3 is 0 Å². The van der Waals surface area contributed by atoms with Gasteiger partial charge in [0.15, 0.2) is 0 Å². The third-order valence-corrected chi connectivity index (χ3v) is 15.1. The Morgan fingerprint density at radius 1 is 0.655 bits per heavy atom. The third kappa shape index (κ3) is 7.57. The Bertz CT molecular complexity index is 1840. The minimum Gasteiger partial charge on any atom is -0.311 e. The molecule has 2 aromatic heterocycles. The maximum Gasteiger partial charge on any atom is 0.226 e. The highest BCUT2D eigenvalue weighted by molar-refractivity contribution is 5.91. The smallest absolute Gasteiger partial charge is 0.226 e. The molecule has 10 nitrogen and oxygen atoms in total. The summed E-state index contributed by atoms with van der Waals surface area (Å²) in [6.07, 6.45) is 22.5. The molecule has 8 saturated carbocycles. The van der Waals surface area contributed by atoms with Gasteiger partial charge in [0, 0.05) is 50.1 Å². The summed E-state index contributed by atoms with van der Waals surface area (Å²) in [5, 5.41) is 9.65. The maximum atomic E-state index is 13.1. The molecule has 0 atom stereocenters. The van der Waals surface area contributed by atoms with Gasteiger partial charge in [0.2, 0.25) is 11.8 Å². The largest absolute Gasteiger partial charge is 0.311 e. The van der Waals surface area contributed by atoms with Crippen molar-refractivity contribution in [3.63, 3.8) is 0 Å². The van der Waals surface area contributed by atoms with Crippen LogP contribution in [0.4, 0.5) is 11.6 Å². The van der Waals surface area contributed by atoms with Gasteiger partial charge in [0.25, 0.3) is 0 Å². The van der Waals surface area contributed by atoms with Crippen LogP contribution >= 0.6 is 0 Å². The molecule has 8 aliphatic carbocycles.